The van der Waals surface area contributed by atoms with Crippen LogP contribution >= 0.6 is 23.1 Å². The molecule has 120 valence electrons. The average molecular weight is 349 g/mol. The molecule has 0 amide bonds. The Kier molecular flexibility index (Phi) is 5.76. The average Bonchev–Trinajstić information content (AvgIpc) is 2.77. The Morgan fingerprint density at radius 3 is 2.67 bits per heavy atom. The molecule has 1 saturated carbocycles. The van der Waals surface area contributed by atoms with Crippen molar-refractivity contribution in [1.29, 1.82) is 0 Å². The summed E-state index contributed by atoms with van der Waals surface area (Å²) in [6.07, 6.45) is 5.47. The number of thioether (sulfide) groups is 1. The predicted molar refractivity (Wildman–Crippen MR) is 91.7 cm³/mol. The number of hydrogen-bond acceptors (Lipinski definition) is 5. The van der Waals surface area contributed by atoms with Crippen LogP contribution in [0.3, 0.4) is 0 Å². The summed E-state index contributed by atoms with van der Waals surface area (Å²) in [6.45, 7) is 6.07. The van der Waals surface area contributed by atoms with Gasteiger partial charge in [-0.3, -0.25) is 0 Å². The zero-order valence-electron chi connectivity index (χ0n) is 12.9. The third-order valence-corrected chi connectivity index (χ3v) is 8.17. The van der Waals surface area contributed by atoms with Gasteiger partial charge in [-0.15, -0.1) is 11.3 Å². The smallest absolute Gasteiger partial charge is 0.241 e. The molecule has 0 atom stereocenters. The highest BCUT2D eigenvalue weighted by molar-refractivity contribution is 8.00. The predicted octanol–water partition coefficient (Wildman–Crippen LogP) is 2.73. The first-order valence-electron chi connectivity index (χ1n) is 7.27. The summed E-state index contributed by atoms with van der Waals surface area (Å²) >= 11 is 3.33. The van der Waals surface area contributed by atoms with Crippen molar-refractivity contribution in [2.45, 2.75) is 49.3 Å². The van der Waals surface area contributed by atoms with E-state index >= 15 is 0 Å². The van der Waals surface area contributed by atoms with Gasteiger partial charge in [0.1, 0.15) is 0 Å². The van der Waals surface area contributed by atoms with Gasteiger partial charge in [0, 0.05) is 27.6 Å². The molecule has 0 radical (unpaired) electrons. The van der Waals surface area contributed by atoms with Crippen molar-refractivity contribution in [3.05, 3.63) is 15.8 Å². The van der Waals surface area contributed by atoms with Crippen molar-refractivity contribution in [2.75, 3.05) is 19.3 Å². The number of sulfonamides is 1. The Balaban J connectivity index is 2.06. The maximum Gasteiger partial charge on any atom is 0.241 e. The molecule has 2 rings (SSSR count). The Morgan fingerprint density at radius 2 is 2.14 bits per heavy atom. The molecule has 0 aliphatic heterocycles. The molecule has 2 N–H and O–H groups in total. The van der Waals surface area contributed by atoms with Gasteiger partial charge >= 0.3 is 0 Å². The lowest BCUT2D eigenvalue weighted by Crippen LogP contribution is -2.45. The molecule has 1 aliphatic carbocycles. The van der Waals surface area contributed by atoms with E-state index in [1.807, 2.05) is 13.8 Å². The second-order valence-electron chi connectivity index (χ2n) is 5.48. The molecule has 0 bridgehead atoms. The molecule has 0 saturated heterocycles. The van der Waals surface area contributed by atoms with Crippen molar-refractivity contribution in [3.63, 3.8) is 0 Å². The Labute approximate surface area is 136 Å². The summed E-state index contributed by atoms with van der Waals surface area (Å²) in [5.74, 6) is 0. The van der Waals surface area contributed by atoms with E-state index in [9.17, 15) is 8.42 Å². The summed E-state index contributed by atoms with van der Waals surface area (Å²) in [5, 5.41) is 3.23. The molecule has 4 nitrogen and oxygen atoms in total. The molecule has 7 heteroatoms. The highest BCUT2D eigenvalue weighted by Crippen LogP contribution is 2.42. The second kappa shape index (κ2) is 7.00. The van der Waals surface area contributed by atoms with Crippen molar-refractivity contribution < 1.29 is 8.42 Å². The number of rotatable bonds is 8. The van der Waals surface area contributed by atoms with Crippen LogP contribution in [-0.4, -0.2) is 32.5 Å². The van der Waals surface area contributed by atoms with Gasteiger partial charge in [0.2, 0.25) is 10.0 Å². The fourth-order valence-electron chi connectivity index (χ4n) is 2.45. The molecule has 0 unspecified atom stereocenters. The first-order valence-corrected chi connectivity index (χ1v) is 10.8. The maximum atomic E-state index is 12.5. The summed E-state index contributed by atoms with van der Waals surface area (Å²) in [6, 6.07) is 1.80. The normalized spacial score (nSPS) is 17.7. The molecular formula is C14H24N2O2S3. The minimum absolute atomic E-state index is 0.115. The first kappa shape index (κ1) is 17.3. The lowest BCUT2D eigenvalue weighted by atomic mass is 9.84. The van der Waals surface area contributed by atoms with Crippen LogP contribution in [0.4, 0.5) is 0 Å². The highest BCUT2D eigenvalue weighted by Gasteiger charge is 2.37. The Hall–Kier alpha value is -0.0800. The Morgan fingerprint density at radius 1 is 1.43 bits per heavy atom. The SMILES string of the molecule is CCNCc1cc(S(=O)(=O)NCC2(SC)CCC2)c(C)s1. The maximum absolute atomic E-state index is 12.5. The van der Waals surface area contributed by atoms with Crippen LogP contribution in [0.1, 0.15) is 35.9 Å². The summed E-state index contributed by atoms with van der Waals surface area (Å²) in [7, 11) is -3.40. The van der Waals surface area contributed by atoms with Crippen LogP contribution in [0.2, 0.25) is 0 Å². The second-order valence-corrected chi connectivity index (χ2v) is 9.83. The topological polar surface area (TPSA) is 58.2 Å². The van der Waals surface area contributed by atoms with Crippen LogP contribution in [0, 0.1) is 6.92 Å². The zero-order chi connectivity index (χ0) is 15.5. The standard InChI is InChI=1S/C14H24N2O2S3/c1-4-15-9-12-8-13(11(2)20-12)21(17,18)16-10-14(19-3)6-5-7-14/h8,15-16H,4-7,9-10H2,1-3H3. The van der Waals surface area contributed by atoms with E-state index in [1.54, 1.807) is 29.2 Å². The minimum Gasteiger partial charge on any atom is -0.312 e. The van der Waals surface area contributed by atoms with Gasteiger partial charge in [-0.25, -0.2) is 13.1 Å². The quantitative estimate of drug-likeness (QED) is 0.758. The summed E-state index contributed by atoms with van der Waals surface area (Å²) in [4.78, 5) is 2.37. The third kappa shape index (κ3) is 4.01. The number of nitrogens with one attached hydrogen (secondary N) is 2. The fraction of sp³-hybridized carbons (Fsp3) is 0.714. The highest BCUT2D eigenvalue weighted by atomic mass is 32.2. The molecule has 1 aromatic rings. The van der Waals surface area contributed by atoms with Gasteiger partial charge in [0.05, 0.1) is 4.90 Å². The van der Waals surface area contributed by atoms with Crippen LogP contribution < -0.4 is 10.0 Å². The van der Waals surface area contributed by atoms with Crippen LogP contribution in [0.15, 0.2) is 11.0 Å². The van der Waals surface area contributed by atoms with Gasteiger partial charge in [0.15, 0.2) is 0 Å². The van der Waals surface area contributed by atoms with Crippen molar-refractivity contribution in [2.24, 2.45) is 0 Å². The van der Waals surface area contributed by atoms with Crippen LogP contribution in [0.25, 0.3) is 0 Å². The van der Waals surface area contributed by atoms with E-state index in [2.05, 4.69) is 16.3 Å². The van der Waals surface area contributed by atoms with E-state index in [0.29, 0.717) is 11.4 Å². The molecule has 1 aliphatic rings. The molecule has 21 heavy (non-hydrogen) atoms. The van der Waals surface area contributed by atoms with Crippen LogP contribution in [0.5, 0.6) is 0 Å². The largest absolute Gasteiger partial charge is 0.312 e. The molecule has 0 aromatic carbocycles. The zero-order valence-corrected chi connectivity index (χ0v) is 15.3. The molecule has 1 heterocycles. The van der Waals surface area contributed by atoms with Gasteiger partial charge in [-0.05, 0) is 38.6 Å². The fourth-order valence-corrected chi connectivity index (χ4v) is 6.19. The van der Waals surface area contributed by atoms with Gasteiger partial charge in [-0.1, -0.05) is 13.3 Å². The van der Waals surface area contributed by atoms with Crippen LogP contribution in [-0.2, 0) is 16.6 Å². The number of hydrogen-bond donors (Lipinski definition) is 2. The minimum atomic E-state index is -3.40. The van der Waals surface area contributed by atoms with E-state index < -0.39 is 10.0 Å². The van der Waals surface area contributed by atoms with Gasteiger partial charge in [-0.2, -0.15) is 11.8 Å². The van der Waals surface area contributed by atoms with Gasteiger partial charge < -0.3 is 5.32 Å². The van der Waals surface area contributed by atoms with E-state index in [4.69, 9.17) is 0 Å². The Bertz CT molecular complexity index is 572. The lowest BCUT2D eigenvalue weighted by Gasteiger charge is -2.40. The van der Waals surface area contributed by atoms with Crippen molar-refractivity contribution in [3.8, 4) is 0 Å². The monoisotopic (exact) mass is 348 g/mol. The van der Waals surface area contributed by atoms with Crippen molar-refractivity contribution >= 4 is 33.1 Å². The molecule has 1 aromatic heterocycles. The van der Waals surface area contributed by atoms with E-state index in [1.165, 1.54) is 6.42 Å². The van der Waals surface area contributed by atoms with Gasteiger partial charge in [0.25, 0.3) is 0 Å². The summed E-state index contributed by atoms with van der Waals surface area (Å²) < 4.78 is 27.9. The molecular weight excluding hydrogens is 324 g/mol. The number of aryl methyl sites for hydroxylation is 1. The first-order chi connectivity index (χ1) is 9.92. The molecule has 0 spiro atoms. The van der Waals surface area contributed by atoms with E-state index in [0.717, 1.165) is 35.7 Å². The number of thiophene rings is 1. The van der Waals surface area contributed by atoms with E-state index in [-0.39, 0.29) is 4.75 Å². The van der Waals surface area contributed by atoms with Crippen molar-refractivity contribution in [1.82, 2.24) is 10.0 Å². The lowest BCUT2D eigenvalue weighted by molar-refractivity contribution is 0.362. The summed E-state index contributed by atoms with van der Waals surface area (Å²) in [5.41, 5.74) is 0. The molecule has 1 fully saturated rings. The third-order valence-electron chi connectivity index (χ3n) is 4.04.